The van der Waals surface area contributed by atoms with Crippen molar-refractivity contribution in [3.8, 4) is 23.3 Å². The molecule has 0 fully saturated rings. The van der Waals surface area contributed by atoms with Crippen LogP contribution < -0.4 is 0 Å². The molecule has 0 heterocycles. The molecule has 0 saturated carbocycles. The molecule has 0 aliphatic heterocycles. The van der Waals surface area contributed by atoms with Crippen LogP contribution >= 0.6 is 0 Å². The van der Waals surface area contributed by atoms with Gasteiger partial charge in [-0.3, -0.25) is 0 Å². The molecule has 2 rings (SSSR count). The highest BCUT2D eigenvalue weighted by molar-refractivity contribution is 5.66. The standard InChI is InChI=1S/C15H9FN2/c1-10-6-11(2-4-13(10)8-17)12-3-5-14(9-18)15(16)7-12/h2-7H,1H3. The highest BCUT2D eigenvalue weighted by Gasteiger charge is 2.06. The van der Waals surface area contributed by atoms with Crippen molar-refractivity contribution in [2.75, 3.05) is 0 Å². The summed E-state index contributed by atoms with van der Waals surface area (Å²) in [5, 5.41) is 17.5. The van der Waals surface area contributed by atoms with Crippen LogP contribution in [0.15, 0.2) is 36.4 Å². The van der Waals surface area contributed by atoms with E-state index in [1.165, 1.54) is 12.1 Å². The van der Waals surface area contributed by atoms with Gasteiger partial charge in [0.2, 0.25) is 0 Å². The molecule has 2 aromatic rings. The Bertz CT molecular complexity index is 629. The van der Waals surface area contributed by atoms with E-state index in [1.807, 2.05) is 13.0 Å². The zero-order valence-corrected chi connectivity index (χ0v) is 9.74. The summed E-state index contributed by atoms with van der Waals surface area (Å²) in [6, 6.07) is 13.7. The number of aryl methyl sites for hydroxylation is 1. The molecule has 86 valence electrons. The van der Waals surface area contributed by atoms with Crippen LogP contribution in [0.2, 0.25) is 0 Å². The third kappa shape index (κ3) is 2.07. The van der Waals surface area contributed by atoms with Crippen LogP contribution in [0.1, 0.15) is 16.7 Å². The van der Waals surface area contributed by atoms with E-state index >= 15 is 0 Å². The first-order valence-electron chi connectivity index (χ1n) is 5.36. The maximum atomic E-state index is 13.5. The minimum Gasteiger partial charge on any atom is -0.206 e. The van der Waals surface area contributed by atoms with Gasteiger partial charge < -0.3 is 0 Å². The molecule has 2 aromatic carbocycles. The maximum Gasteiger partial charge on any atom is 0.141 e. The Morgan fingerprint density at radius 3 is 1.94 bits per heavy atom. The van der Waals surface area contributed by atoms with E-state index in [1.54, 1.807) is 24.3 Å². The molecule has 0 bridgehead atoms. The predicted molar refractivity (Wildman–Crippen MR) is 66.0 cm³/mol. The Balaban J connectivity index is 2.51. The van der Waals surface area contributed by atoms with Gasteiger partial charge in [0, 0.05) is 0 Å². The molecule has 2 nitrogen and oxygen atoms in total. The lowest BCUT2D eigenvalue weighted by molar-refractivity contribution is 0.624. The number of nitriles is 2. The largest absolute Gasteiger partial charge is 0.206 e. The number of hydrogen-bond donors (Lipinski definition) is 0. The summed E-state index contributed by atoms with van der Waals surface area (Å²) in [5.74, 6) is -0.531. The van der Waals surface area contributed by atoms with Crippen molar-refractivity contribution < 1.29 is 4.39 Å². The van der Waals surface area contributed by atoms with E-state index in [2.05, 4.69) is 6.07 Å². The second-order valence-corrected chi connectivity index (χ2v) is 3.95. The summed E-state index contributed by atoms with van der Waals surface area (Å²) >= 11 is 0. The minimum atomic E-state index is -0.531. The fourth-order valence-electron chi connectivity index (χ4n) is 1.75. The van der Waals surface area contributed by atoms with E-state index in [9.17, 15) is 4.39 Å². The second kappa shape index (κ2) is 4.69. The number of hydrogen-bond acceptors (Lipinski definition) is 2. The first-order chi connectivity index (χ1) is 8.65. The summed E-state index contributed by atoms with van der Waals surface area (Å²) < 4.78 is 13.5. The average Bonchev–Trinajstić information content (AvgIpc) is 2.38. The molecule has 0 atom stereocenters. The predicted octanol–water partition coefficient (Wildman–Crippen LogP) is 3.54. The third-order valence-electron chi connectivity index (χ3n) is 2.77. The highest BCUT2D eigenvalue weighted by Crippen LogP contribution is 2.24. The van der Waals surface area contributed by atoms with Crippen molar-refractivity contribution in [2.24, 2.45) is 0 Å². The topological polar surface area (TPSA) is 47.6 Å². The summed E-state index contributed by atoms with van der Waals surface area (Å²) in [4.78, 5) is 0. The first kappa shape index (κ1) is 11.8. The molecule has 0 aliphatic carbocycles. The van der Waals surface area contributed by atoms with Gasteiger partial charge in [0.15, 0.2) is 0 Å². The molecule has 0 aliphatic rings. The molecule has 18 heavy (non-hydrogen) atoms. The van der Waals surface area contributed by atoms with Crippen LogP contribution in [-0.2, 0) is 0 Å². The number of halogens is 1. The lowest BCUT2D eigenvalue weighted by Crippen LogP contribution is -1.88. The lowest BCUT2D eigenvalue weighted by Gasteiger charge is -2.05. The van der Waals surface area contributed by atoms with Crippen molar-refractivity contribution >= 4 is 0 Å². The Kier molecular flexibility index (Phi) is 3.08. The molecule has 0 N–H and O–H groups in total. The lowest BCUT2D eigenvalue weighted by atomic mass is 9.99. The van der Waals surface area contributed by atoms with Crippen molar-refractivity contribution in [1.29, 1.82) is 10.5 Å². The zero-order chi connectivity index (χ0) is 13.1. The van der Waals surface area contributed by atoms with Gasteiger partial charge in [-0.2, -0.15) is 10.5 Å². The number of nitrogens with zero attached hydrogens (tertiary/aromatic N) is 2. The second-order valence-electron chi connectivity index (χ2n) is 3.95. The van der Waals surface area contributed by atoms with Crippen molar-refractivity contribution in [3.05, 3.63) is 58.9 Å². The molecule has 0 spiro atoms. The molecular weight excluding hydrogens is 227 g/mol. The van der Waals surface area contributed by atoms with Gasteiger partial charge in [-0.1, -0.05) is 18.2 Å². The summed E-state index contributed by atoms with van der Waals surface area (Å²) in [6.45, 7) is 1.84. The van der Waals surface area contributed by atoms with Crippen molar-refractivity contribution in [1.82, 2.24) is 0 Å². The summed E-state index contributed by atoms with van der Waals surface area (Å²) in [7, 11) is 0. The molecule has 0 aromatic heterocycles. The Hall–Kier alpha value is -2.65. The number of rotatable bonds is 1. The van der Waals surface area contributed by atoms with E-state index in [0.717, 1.165) is 11.1 Å². The highest BCUT2D eigenvalue weighted by atomic mass is 19.1. The zero-order valence-electron chi connectivity index (χ0n) is 9.74. The Morgan fingerprint density at radius 1 is 0.889 bits per heavy atom. The monoisotopic (exact) mass is 236 g/mol. The van der Waals surface area contributed by atoms with E-state index in [0.29, 0.717) is 11.1 Å². The molecular formula is C15H9FN2. The van der Waals surface area contributed by atoms with Crippen LogP contribution in [0.4, 0.5) is 4.39 Å². The van der Waals surface area contributed by atoms with Gasteiger partial charge in [-0.05, 0) is 41.8 Å². The van der Waals surface area contributed by atoms with Gasteiger partial charge in [0.25, 0.3) is 0 Å². The molecule has 3 heteroatoms. The van der Waals surface area contributed by atoms with Crippen LogP contribution in [-0.4, -0.2) is 0 Å². The van der Waals surface area contributed by atoms with E-state index < -0.39 is 5.82 Å². The molecule has 0 amide bonds. The molecule has 0 saturated heterocycles. The van der Waals surface area contributed by atoms with Crippen molar-refractivity contribution in [3.63, 3.8) is 0 Å². The first-order valence-corrected chi connectivity index (χ1v) is 5.36. The summed E-state index contributed by atoms with van der Waals surface area (Å²) in [5.41, 5.74) is 3.01. The summed E-state index contributed by atoms with van der Waals surface area (Å²) in [6.07, 6.45) is 0. The molecule has 0 unspecified atom stereocenters. The van der Waals surface area contributed by atoms with Crippen LogP contribution in [0.25, 0.3) is 11.1 Å². The molecule has 0 radical (unpaired) electrons. The quantitative estimate of drug-likeness (QED) is 0.760. The van der Waals surface area contributed by atoms with Gasteiger partial charge >= 0.3 is 0 Å². The van der Waals surface area contributed by atoms with Crippen molar-refractivity contribution in [2.45, 2.75) is 6.92 Å². The normalized spacial score (nSPS) is 9.56. The van der Waals surface area contributed by atoms with Crippen LogP contribution in [0.5, 0.6) is 0 Å². The average molecular weight is 236 g/mol. The third-order valence-corrected chi connectivity index (χ3v) is 2.77. The Labute approximate surface area is 105 Å². The minimum absolute atomic E-state index is 0.0316. The van der Waals surface area contributed by atoms with Gasteiger partial charge in [-0.15, -0.1) is 0 Å². The smallest absolute Gasteiger partial charge is 0.141 e. The van der Waals surface area contributed by atoms with Crippen LogP contribution in [0.3, 0.4) is 0 Å². The maximum absolute atomic E-state index is 13.5. The fraction of sp³-hybridized carbons (Fsp3) is 0.0667. The fourth-order valence-corrected chi connectivity index (χ4v) is 1.75. The SMILES string of the molecule is Cc1cc(-c2ccc(C#N)c(F)c2)ccc1C#N. The van der Waals surface area contributed by atoms with E-state index in [4.69, 9.17) is 10.5 Å². The van der Waals surface area contributed by atoms with Crippen LogP contribution in [0, 0.1) is 35.4 Å². The van der Waals surface area contributed by atoms with E-state index in [-0.39, 0.29) is 5.56 Å². The Morgan fingerprint density at radius 2 is 1.44 bits per heavy atom. The van der Waals surface area contributed by atoms with Gasteiger partial charge in [0.1, 0.15) is 11.9 Å². The van der Waals surface area contributed by atoms with Gasteiger partial charge in [-0.25, -0.2) is 4.39 Å². The van der Waals surface area contributed by atoms with Gasteiger partial charge in [0.05, 0.1) is 17.2 Å². The number of benzene rings is 2.